The molecule has 0 radical (unpaired) electrons. The van der Waals surface area contributed by atoms with Crippen molar-refractivity contribution in [2.45, 2.75) is 25.9 Å². The van der Waals surface area contributed by atoms with Gasteiger partial charge in [-0.2, -0.15) is 0 Å². The molecule has 0 bridgehead atoms. The number of hydrogen-bond acceptors (Lipinski definition) is 4. The van der Waals surface area contributed by atoms with Crippen molar-refractivity contribution >= 4 is 34.8 Å². The van der Waals surface area contributed by atoms with Crippen molar-refractivity contribution in [3.05, 3.63) is 58.5 Å². The molecule has 2 aromatic heterocycles. The second-order valence-electron chi connectivity index (χ2n) is 5.77. The first kappa shape index (κ1) is 18.5. The van der Waals surface area contributed by atoms with Gasteiger partial charge in [0.1, 0.15) is 11.6 Å². The number of nitrogens with zero attached hydrogens (tertiary/aromatic N) is 3. The molecule has 3 aromatic rings. The number of aromatic nitrogens is 3. The second-order valence-corrected chi connectivity index (χ2v) is 6.62. The monoisotopic (exact) mass is 392 g/mol. The van der Waals surface area contributed by atoms with E-state index in [0.29, 0.717) is 28.8 Å². The third kappa shape index (κ3) is 4.45. The Hall–Kier alpha value is -2.31. The topological polar surface area (TPSA) is 68.5 Å². The van der Waals surface area contributed by atoms with Crippen LogP contribution in [-0.2, 0) is 11.2 Å². The quantitative estimate of drug-likeness (QED) is 0.624. The number of fused-ring (bicyclic) bond motifs is 1. The Morgan fingerprint density at radius 2 is 2.12 bits per heavy atom. The molecule has 1 aromatic carbocycles. The van der Waals surface area contributed by atoms with Gasteiger partial charge >= 0.3 is 0 Å². The average molecular weight is 393 g/mol. The summed E-state index contributed by atoms with van der Waals surface area (Å²) in [5.74, 6) is 1.09. The van der Waals surface area contributed by atoms with E-state index < -0.39 is 6.10 Å². The van der Waals surface area contributed by atoms with E-state index in [4.69, 9.17) is 27.9 Å². The minimum Gasteiger partial charge on any atom is -0.479 e. The molecule has 0 saturated carbocycles. The number of benzene rings is 1. The van der Waals surface area contributed by atoms with Gasteiger partial charge < -0.3 is 10.1 Å². The normalized spacial score (nSPS) is 12.1. The molecule has 1 amide bonds. The van der Waals surface area contributed by atoms with Crippen LogP contribution in [0.3, 0.4) is 0 Å². The zero-order valence-corrected chi connectivity index (χ0v) is 15.7. The number of carbonyl (C=O) groups is 1. The maximum Gasteiger partial charge on any atom is 0.260 e. The predicted molar refractivity (Wildman–Crippen MR) is 101 cm³/mol. The van der Waals surface area contributed by atoms with E-state index in [1.54, 1.807) is 25.1 Å². The lowest BCUT2D eigenvalue weighted by molar-refractivity contribution is -0.127. The minimum atomic E-state index is -0.664. The van der Waals surface area contributed by atoms with Crippen molar-refractivity contribution in [3.8, 4) is 5.75 Å². The Kier molecular flexibility index (Phi) is 5.96. The van der Waals surface area contributed by atoms with Gasteiger partial charge in [0.15, 0.2) is 11.8 Å². The molecule has 26 heavy (non-hydrogen) atoms. The Balaban J connectivity index is 1.46. The van der Waals surface area contributed by atoms with E-state index in [0.717, 1.165) is 17.9 Å². The molecule has 0 spiro atoms. The summed E-state index contributed by atoms with van der Waals surface area (Å²) in [6.07, 6.45) is 2.72. The SMILES string of the molecule is CC(Oc1ccc(Cl)cc1Cl)C(=O)NCCCc1nnc2ccccn12. The van der Waals surface area contributed by atoms with Crippen LogP contribution in [0.2, 0.25) is 10.0 Å². The van der Waals surface area contributed by atoms with Crippen LogP contribution >= 0.6 is 23.2 Å². The first-order valence-electron chi connectivity index (χ1n) is 8.22. The van der Waals surface area contributed by atoms with E-state index in [1.807, 2.05) is 28.8 Å². The molecule has 3 rings (SSSR count). The molecule has 8 heteroatoms. The van der Waals surface area contributed by atoms with Gasteiger partial charge in [0.2, 0.25) is 0 Å². The zero-order valence-electron chi connectivity index (χ0n) is 14.2. The van der Waals surface area contributed by atoms with Gasteiger partial charge in [0, 0.05) is 24.2 Å². The van der Waals surface area contributed by atoms with Gasteiger partial charge in [0.25, 0.3) is 5.91 Å². The summed E-state index contributed by atoms with van der Waals surface area (Å²) in [4.78, 5) is 12.2. The third-order valence-electron chi connectivity index (χ3n) is 3.83. The maximum absolute atomic E-state index is 12.2. The average Bonchev–Trinajstić information content (AvgIpc) is 3.04. The fourth-order valence-electron chi connectivity index (χ4n) is 2.48. The molecular formula is C18H18Cl2N4O2. The van der Waals surface area contributed by atoms with Gasteiger partial charge in [0.05, 0.1) is 5.02 Å². The number of hydrogen-bond donors (Lipinski definition) is 1. The highest BCUT2D eigenvalue weighted by atomic mass is 35.5. The van der Waals surface area contributed by atoms with Crippen molar-refractivity contribution in [2.24, 2.45) is 0 Å². The van der Waals surface area contributed by atoms with Gasteiger partial charge in [-0.3, -0.25) is 9.20 Å². The molecular weight excluding hydrogens is 375 g/mol. The van der Waals surface area contributed by atoms with Gasteiger partial charge in [-0.25, -0.2) is 0 Å². The summed E-state index contributed by atoms with van der Waals surface area (Å²) in [5.41, 5.74) is 0.813. The molecule has 0 fully saturated rings. The number of carbonyl (C=O) groups excluding carboxylic acids is 1. The summed E-state index contributed by atoms with van der Waals surface area (Å²) >= 11 is 11.9. The maximum atomic E-state index is 12.2. The lowest BCUT2D eigenvalue weighted by atomic mass is 10.2. The molecule has 1 atom stereocenters. The fourth-order valence-corrected chi connectivity index (χ4v) is 2.93. The van der Waals surface area contributed by atoms with Crippen LogP contribution in [0, 0.1) is 0 Å². The molecule has 1 N–H and O–H groups in total. The largest absolute Gasteiger partial charge is 0.479 e. The van der Waals surface area contributed by atoms with Crippen molar-refractivity contribution in [1.29, 1.82) is 0 Å². The van der Waals surface area contributed by atoms with Crippen molar-refractivity contribution in [2.75, 3.05) is 6.54 Å². The lowest BCUT2D eigenvalue weighted by Gasteiger charge is -2.15. The van der Waals surface area contributed by atoms with E-state index in [9.17, 15) is 4.79 Å². The standard InChI is InChI=1S/C18H18Cl2N4O2/c1-12(26-15-8-7-13(19)11-14(15)20)18(25)21-9-4-6-17-23-22-16-5-2-3-10-24(16)17/h2-3,5,7-8,10-12H,4,6,9H2,1H3,(H,21,25). The molecule has 1 unspecified atom stereocenters. The zero-order chi connectivity index (χ0) is 18.5. The molecule has 6 nitrogen and oxygen atoms in total. The highest BCUT2D eigenvalue weighted by Crippen LogP contribution is 2.28. The summed E-state index contributed by atoms with van der Waals surface area (Å²) in [6.45, 7) is 2.19. The van der Waals surface area contributed by atoms with Gasteiger partial charge in [-0.15, -0.1) is 10.2 Å². The van der Waals surface area contributed by atoms with Crippen molar-refractivity contribution < 1.29 is 9.53 Å². The number of ether oxygens (including phenoxy) is 1. The molecule has 136 valence electrons. The van der Waals surface area contributed by atoms with Crippen LogP contribution in [0.15, 0.2) is 42.6 Å². The van der Waals surface area contributed by atoms with Crippen LogP contribution in [0.1, 0.15) is 19.2 Å². The number of pyridine rings is 1. The smallest absolute Gasteiger partial charge is 0.260 e. The molecule has 0 saturated heterocycles. The fraction of sp³-hybridized carbons (Fsp3) is 0.278. The van der Waals surface area contributed by atoms with E-state index in [1.165, 1.54) is 0 Å². The number of aryl methyl sites for hydroxylation is 1. The first-order valence-corrected chi connectivity index (χ1v) is 8.98. The Morgan fingerprint density at radius 1 is 1.27 bits per heavy atom. The van der Waals surface area contributed by atoms with E-state index in [-0.39, 0.29) is 5.91 Å². The highest BCUT2D eigenvalue weighted by Gasteiger charge is 2.16. The molecule has 2 heterocycles. The predicted octanol–water partition coefficient (Wildman–Crippen LogP) is 3.55. The van der Waals surface area contributed by atoms with Crippen LogP contribution in [-0.4, -0.2) is 33.2 Å². The van der Waals surface area contributed by atoms with Crippen LogP contribution < -0.4 is 10.1 Å². The summed E-state index contributed by atoms with van der Waals surface area (Å²) in [7, 11) is 0. The number of halogens is 2. The summed E-state index contributed by atoms with van der Waals surface area (Å²) in [5, 5.41) is 12.0. The number of nitrogens with one attached hydrogen (secondary N) is 1. The molecule has 0 aliphatic carbocycles. The highest BCUT2D eigenvalue weighted by molar-refractivity contribution is 6.35. The van der Waals surface area contributed by atoms with E-state index >= 15 is 0 Å². The van der Waals surface area contributed by atoms with Crippen molar-refractivity contribution in [3.63, 3.8) is 0 Å². The van der Waals surface area contributed by atoms with Crippen LogP contribution in [0.4, 0.5) is 0 Å². The number of rotatable bonds is 7. The van der Waals surface area contributed by atoms with Crippen LogP contribution in [0.5, 0.6) is 5.75 Å². The number of amides is 1. The summed E-state index contributed by atoms with van der Waals surface area (Å²) < 4.78 is 7.53. The Labute approximate surface area is 161 Å². The summed E-state index contributed by atoms with van der Waals surface area (Å²) in [6, 6.07) is 10.6. The molecule has 0 aliphatic heterocycles. The first-order chi connectivity index (χ1) is 12.5. The van der Waals surface area contributed by atoms with Crippen LogP contribution in [0.25, 0.3) is 5.65 Å². The van der Waals surface area contributed by atoms with E-state index in [2.05, 4.69) is 15.5 Å². The lowest BCUT2D eigenvalue weighted by Crippen LogP contribution is -2.37. The van der Waals surface area contributed by atoms with Crippen molar-refractivity contribution in [1.82, 2.24) is 19.9 Å². The third-order valence-corrected chi connectivity index (χ3v) is 4.36. The second kappa shape index (κ2) is 8.38. The van der Waals surface area contributed by atoms with Gasteiger partial charge in [-0.05, 0) is 43.7 Å². The van der Waals surface area contributed by atoms with Gasteiger partial charge in [-0.1, -0.05) is 29.3 Å². The Bertz CT molecular complexity index is 913. The Morgan fingerprint density at radius 3 is 2.92 bits per heavy atom. The minimum absolute atomic E-state index is 0.206. The molecule has 0 aliphatic rings.